The van der Waals surface area contributed by atoms with E-state index in [1.165, 1.54) is 12.3 Å². The molecule has 26 heavy (non-hydrogen) atoms. The molecule has 140 valence electrons. The highest BCUT2D eigenvalue weighted by Crippen LogP contribution is 2.26. The second kappa shape index (κ2) is 7.24. The lowest BCUT2D eigenvalue weighted by atomic mass is 10.2. The van der Waals surface area contributed by atoms with Crippen molar-refractivity contribution in [3.05, 3.63) is 30.1 Å². The summed E-state index contributed by atoms with van der Waals surface area (Å²) in [6.07, 6.45) is 1.28. The maximum absolute atomic E-state index is 14.9. The highest BCUT2D eigenvalue weighted by Gasteiger charge is 2.25. The van der Waals surface area contributed by atoms with Gasteiger partial charge in [-0.1, -0.05) is 0 Å². The Hall–Kier alpha value is -2.75. The van der Waals surface area contributed by atoms with Crippen LogP contribution in [0.25, 0.3) is 5.82 Å². The Labute approximate surface area is 149 Å². The SMILES string of the molecule is CN(C)CC(=O)N1CCN(c2cc(N)nc(-n3ccc(F)n3)c2F)CC1. The van der Waals surface area contributed by atoms with E-state index < -0.39 is 11.8 Å². The highest BCUT2D eigenvalue weighted by molar-refractivity contribution is 5.78. The smallest absolute Gasteiger partial charge is 0.236 e. The summed E-state index contributed by atoms with van der Waals surface area (Å²) in [6.45, 7) is 2.24. The van der Waals surface area contributed by atoms with Gasteiger partial charge < -0.3 is 20.4 Å². The molecule has 1 aliphatic rings. The van der Waals surface area contributed by atoms with Gasteiger partial charge in [-0.3, -0.25) is 4.79 Å². The van der Waals surface area contributed by atoms with Gasteiger partial charge in [0.1, 0.15) is 5.82 Å². The second-order valence-corrected chi connectivity index (χ2v) is 6.39. The molecule has 0 aliphatic carbocycles. The molecule has 2 aromatic rings. The second-order valence-electron chi connectivity index (χ2n) is 6.39. The zero-order valence-corrected chi connectivity index (χ0v) is 14.7. The van der Waals surface area contributed by atoms with Crippen molar-refractivity contribution in [1.82, 2.24) is 24.6 Å². The molecule has 0 spiro atoms. The first-order valence-electron chi connectivity index (χ1n) is 8.20. The number of pyridine rings is 1. The standard InChI is InChI=1S/C16H21F2N7O/c1-22(2)10-14(26)24-7-5-23(6-8-24)11-9-13(19)20-16(15(11)18)25-4-3-12(17)21-25/h3-4,9H,5-8,10H2,1-2H3,(H2,19,20). The Bertz CT molecular complexity index is 800. The molecule has 8 nitrogen and oxygen atoms in total. The third-order valence-corrected chi connectivity index (χ3v) is 4.14. The first kappa shape index (κ1) is 18.1. The lowest BCUT2D eigenvalue weighted by Crippen LogP contribution is -2.51. The molecule has 2 N–H and O–H groups in total. The van der Waals surface area contributed by atoms with Crippen molar-refractivity contribution in [3.8, 4) is 5.82 Å². The van der Waals surface area contributed by atoms with Gasteiger partial charge in [0.25, 0.3) is 0 Å². The van der Waals surface area contributed by atoms with Crippen LogP contribution in [-0.2, 0) is 4.79 Å². The van der Waals surface area contributed by atoms with Crippen molar-refractivity contribution in [1.29, 1.82) is 0 Å². The Morgan fingerprint density at radius 2 is 1.96 bits per heavy atom. The van der Waals surface area contributed by atoms with Crippen molar-refractivity contribution in [2.24, 2.45) is 0 Å². The summed E-state index contributed by atoms with van der Waals surface area (Å²) in [5.41, 5.74) is 6.07. The van der Waals surface area contributed by atoms with Gasteiger partial charge in [0.15, 0.2) is 11.6 Å². The summed E-state index contributed by atoms with van der Waals surface area (Å²) in [4.78, 5) is 21.4. The van der Waals surface area contributed by atoms with Crippen LogP contribution in [0.15, 0.2) is 18.3 Å². The van der Waals surface area contributed by atoms with E-state index in [1.807, 2.05) is 19.0 Å². The maximum Gasteiger partial charge on any atom is 0.236 e. The third kappa shape index (κ3) is 3.74. The van der Waals surface area contributed by atoms with Gasteiger partial charge in [-0.25, -0.2) is 14.1 Å². The van der Waals surface area contributed by atoms with E-state index in [9.17, 15) is 13.6 Å². The predicted octanol–water partition coefficient (Wildman–Crippen LogP) is 0.338. The number of likely N-dealkylation sites (N-methyl/N-ethyl adjacent to an activating group) is 1. The van der Waals surface area contributed by atoms with Crippen LogP contribution in [0.1, 0.15) is 0 Å². The van der Waals surface area contributed by atoms with Gasteiger partial charge in [0.05, 0.1) is 12.2 Å². The minimum atomic E-state index is -0.733. The van der Waals surface area contributed by atoms with Gasteiger partial charge in [0.2, 0.25) is 11.9 Å². The molecule has 10 heteroatoms. The molecule has 3 rings (SSSR count). The number of piperazine rings is 1. The number of hydrogen-bond acceptors (Lipinski definition) is 6. The first-order valence-corrected chi connectivity index (χ1v) is 8.20. The van der Waals surface area contributed by atoms with Gasteiger partial charge in [-0.05, 0) is 14.1 Å². The Kier molecular flexibility index (Phi) is 5.03. The lowest BCUT2D eigenvalue weighted by molar-refractivity contribution is -0.132. The minimum Gasteiger partial charge on any atom is -0.384 e. The van der Waals surface area contributed by atoms with Gasteiger partial charge in [-0.15, -0.1) is 5.10 Å². The fraction of sp³-hybridized carbons (Fsp3) is 0.438. The number of aromatic nitrogens is 3. The van der Waals surface area contributed by atoms with Crippen LogP contribution in [-0.4, -0.2) is 77.3 Å². The number of carbonyl (C=O) groups excluding carboxylic acids is 1. The normalized spacial score (nSPS) is 15.0. The van der Waals surface area contributed by atoms with Gasteiger partial charge >= 0.3 is 0 Å². The lowest BCUT2D eigenvalue weighted by Gasteiger charge is -2.36. The summed E-state index contributed by atoms with van der Waals surface area (Å²) >= 11 is 0. The maximum atomic E-state index is 14.9. The monoisotopic (exact) mass is 365 g/mol. The summed E-state index contributed by atoms with van der Waals surface area (Å²) in [7, 11) is 3.67. The zero-order valence-electron chi connectivity index (χ0n) is 14.7. The quantitative estimate of drug-likeness (QED) is 0.841. The van der Waals surface area contributed by atoms with Crippen molar-refractivity contribution < 1.29 is 13.6 Å². The fourth-order valence-corrected chi connectivity index (χ4v) is 2.89. The molecule has 3 heterocycles. The average Bonchev–Trinajstić information content (AvgIpc) is 3.02. The zero-order chi connectivity index (χ0) is 18.8. The van der Waals surface area contributed by atoms with Crippen LogP contribution < -0.4 is 10.6 Å². The Balaban J connectivity index is 1.78. The van der Waals surface area contributed by atoms with Crippen LogP contribution in [0.5, 0.6) is 0 Å². The molecule has 1 fully saturated rings. The van der Waals surface area contributed by atoms with Crippen LogP contribution >= 0.6 is 0 Å². The van der Waals surface area contributed by atoms with E-state index in [0.717, 1.165) is 10.7 Å². The van der Waals surface area contributed by atoms with Gasteiger partial charge in [0, 0.05) is 44.5 Å². The summed E-state index contributed by atoms with van der Waals surface area (Å²) in [5, 5.41) is 3.55. The van der Waals surface area contributed by atoms with Gasteiger partial charge in [-0.2, -0.15) is 4.39 Å². The molecule has 1 amide bonds. The van der Waals surface area contributed by atoms with E-state index >= 15 is 0 Å². The van der Waals surface area contributed by atoms with E-state index in [1.54, 1.807) is 9.80 Å². The number of nitrogens with two attached hydrogens (primary N) is 1. The van der Waals surface area contributed by atoms with Crippen LogP contribution in [0.4, 0.5) is 20.3 Å². The predicted molar refractivity (Wildman–Crippen MR) is 93.0 cm³/mol. The molecule has 0 aromatic carbocycles. The topological polar surface area (TPSA) is 83.5 Å². The van der Waals surface area contributed by atoms with Crippen LogP contribution in [0, 0.1) is 11.8 Å². The van der Waals surface area contributed by atoms with Crippen molar-refractivity contribution >= 4 is 17.4 Å². The molecule has 0 unspecified atom stereocenters. The molecule has 0 saturated carbocycles. The van der Waals surface area contributed by atoms with Crippen molar-refractivity contribution in [2.45, 2.75) is 0 Å². The average molecular weight is 365 g/mol. The molecular weight excluding hydrogens is 344 g/mol. The number of halogens is 2. The number of amides is 1. The fourth-order valence-electron chi connectivity index (χ4n) is 2.89. The van der Waals surface area contributed by atoms with E-state index in [0.29, 0.717) is 32.7 Å². The summed E-state index contributed by atoms with van der Waals surface area (Å²) in [5.74, 6) is -1.37. The molecule has 1 saturated heterocycles. The van der Waals surface area contributed by atoms with Crippen molar-refractivity contribution in [2.75, 3.05) is 57.5 Å². The number of hydrogen-bond donors (Lipinski definition) is 1. The van der Waals surface area contributed by atoms with Crippen LogP contribution in [0.3, 0.4) is 0 Å². The van der Waals surface area contributed by atoms with E-state index in [2.05, 4.69) is 10.1 Å². The number of anilines is 2. The van der Waals surface area contributed by atoms with E-state index in [-0.39, 0.29) is 23.2 Å². The molecule has 2 aromatic heterocycles. The van der Waals surface area contributed by atoms with Crippen molar-refractivity contribution in [3.63, 3.8) is 0 Å². The molecule has 0 radical (unpaired) electrons. The Morgan fingerprint density at radius 3 is 2.54 bits per heavy atom. The largest absolute Gasteiger partial charge is 0.384 e. The summed E-state index contributed by atoms with van der Waals surface area (Å²) in [6, 6.07) is 2.55. The van der Waals surface area contributed by atoms with E-state index in [4.69, 9.17) is 5.73 Å². The molecule has 1 aliphatic heterocycles. The summed E-state index contributed by atoms with van der Waals surface area (Å²) < 4.78 is 29.1. The highest BCUT2D eigenvalue weighted by atomic mass is 19.1. The number of carbonyl (C=O) groups is 1. The molecule has 0 bridgehead atoms. The first-order chi connectivity index (χ1) is 12.3. The Morgan fingerprint density at radius 1 is 1.27 bits per heavy atom. The molecule has 0 atom stereocenters. The third-order valence-electron chi connectivity index (χ3n) is 4.14. The molecular formula is C16H21F2N7O. The number of nitrogens with zero attached hydrogens (tertiary/aromatic N) is 6. The van der Waals surface area contributed by atoms with Crippen LogP contribution in [0.2, 0.25) is 0 Å². The number of rotatable bonds is 4. The number of nitrogen functional groups attached to an aromatic ring is 1. The minimum absolute atomic E-state index is 0.0390.